The predicted molar refractivity (Wildman–Crippen MR) is 114 cm³/mol. The first-order valence-electron chi connectivity index (χ1n) is 9.10. The molecule has 0 bridgehead atoms. The molecule has 0 aliphatic carbocycles. The summed E-state index contributed by atoms with van der Waals surface area (Å²) < 4.78 is 13.0. The molecule has 3 aromatic carbocycles. The first-order valence-corrected chi connectivity index (χ1v) is 9.10. The molecule has 0 spiro atoms. The van der Waals surface area contributed by atoms with E-state index in [1.165, 1.54) is 54.6 Å². The van der Waals surface area contributed by atoms with Crippen LogP contribution in [0, 0.1) is 15.9 Å². The molecule has 0 unspecified atom stereocenters. The van der Waals surface area contributed by atoms with Gasteiger partial charge in [0, 0.05) is 28.9 Å². The molecule has 3 rings (SSSR count). The van der Waals surface area contributed by atoms with Crippen molar-refractivity contribution in [3.63, 3.8) is 0 Å². The highest BCUT2D eigenvalue weighted by molar-refractivity contribution is 6.05. The SMILES string of the molecule is CC(=NNC(=O)c1cccc(NC(=O)c2ccc(F)cc2)c1)c1ccc([N+](=O)[O-])cc1. The summed E-state index contributed by atoms with van der Waals surface area (Å²) in [5.74, 6) is -1.39. The summed E-state index contributed by atoms with van der Waals surface area (Å²) in [4.78, 5) is 34.9. The van der Waals surface area contributed by atoms with Gasteiger partial charge in [-0.25, -0.2) is 9.82 Å². The summed E-state index contributed by atoms with van der Waals surface area (Å²) in [6.07, 6.45) is 0. The first-order chi connectivity index (χ1) is 14.8. The van der Waals surface area contributed by atoms with Gasteiger partial charge in [0.2, 0.25) is 0 Å². The molecule has 0 saturated carbocycles. The van der Waals surface area contributed by atoms with Crippen LogP contribution in [0.4, 0.5) is 15.8 Å². The van der Waals surface area contributed by atoms with Crippen LogP contribution in [0.3, 0.4) is 0 Å². The maximum Gasteiger partial charge on any atom is 0.271 e. The van der Waals surface area contributed by atoms with E-state index in [-0.39, 0.29) is 16.8 Å². The molecule has 2 N–H and O–H groups in total. The Morgan fingerprint density at radius 1 is 0.903 bits per heavy atom. The quantitative estimate of drug-likeness (QED) is 0.354. The number of nitrogens with zero attached hydrogens (tertiary/aromatic N) is 2. The van der Waals surface area contributed by atoms with Gasteiger partial charge in [0.1, 0.15) is 5.82 Å². The largest absolute Gasteiger partial charge is 0.322 e. The number of halogens is 1. The monoisotopic (exact) mass is 420 g/mol. The van der Waals surface area contributed by atoms with Crippen molar-refractivity contribution in [1.29, 1.82) is 0 Å². The maximum atomic E-state index is 13.0. The number of hydrogen-bond donors (Lipinski definition) is 2. The fraction of sp³-hybridized carbons (Fsp3) is 0.0455. The number of nitrogens with one attached hydrogen (secondary N) is 2. The second kappa shape index (κ2) is 9.40. The van der Waals surface area contributed by atoms with Crippen LogP contribution in [0.25, 0.3) is 0 Å². The Labute approximate surface area is 176 Å². The molecule has 0 aliphatic rings. The topological polar surface area (TPSA) is 114 Å². The van der Waals surface area contributed by atoms with Crippen LogP contribution in [-0.4, -0.2) is 22.4 Å². The lowest BCUT2D eigenvalue weighted by Gasteiger charge is -2.07. The maximum absolute atomic E-state index is 13.0. The van der Waals surface area contributed by atoms with Gasteiger partial charge in [0.25, 0.3) is 17.5 Å². The van der Waals surface area contributed by atoms with Gasteiger partial charge in [0.05, 0.1) is 10.6 Å². The van der Waals surface area contributed by atoms with Crippen molar-refractivity contribution < 1.29 is 18.9 Å². The third-order valence-corrected chi connectivity index (χ3v) is 4.31. The lowest BCUT2D eigenvalue weighted by atomic mass is 10.1. The fourth-order valence-electron chi connectivity index (χ4n) is 2.63. The van der Waals surface area contributed by atoms with Gasteiger partial charge in [-0.1, -0.05) is 6.07 Å². The molecule has 0 aromatic heterocycles. The van der Waals surface area contributed by atoms with E-state index in [9.17, 15) is 24.1 Å². The number of anilines is 1. The second-order valence-electron chi connectivity index (χ2n) is 6.48. The molecule has 0 aliphatic heterocycles. The van der Waals surface area contributed by atoms with Crippen molar-refractivity contribution in [1.82, 2.24) is 5.43 Å². The summed E-state index contributed by atoms with van der Waals surface area (Å²) in [7, 11) is 0. The summed E-state index contributed by atoms with van der Waals surface area (Å²) >= 11 is 0. The van der Waals surface area contributed by atoms with Gasteiger partial charge >= 0.3 is 0 Å². The number of hydrogen-bond acceptors (Lipinski definition) is 5. The zero-order valence-electron chi connectivity index (χ0n) is 16.3. The molecule has 2 amide bonds. The molecule has 0 atom stereocenters. The molecule has 0 saturated heterocycles. The number of carbonyl (C=O) groups excluding carboxylic acids is 2. The second-order valence-corrected chi connectivity index (χ2v) is 6.48. The highest BCUT2D eigenvalue weighted by atomic mass is 19.1. The minimum absolute atomic E-state index is 0.0416. The summed E-state index contributed by atoms with van der Waals surface area (Å²) in [5.41, 5.74) is 4.38. The molecule has 0 radical (unpaired) electrons. The Morgan fingerprint density at radius 3 is 2.19 bits per heavy atom. The predicted octanol–water partition coefficient (Wildman–Crippen LogP) is 4.14. The summed E-state index contributed by atoms with van der Waals surface area (Å²) in [6.45, 7) is 1.65. The van der Waals surface area contributed by atoms with Crippen molar-refractivity contribution in [2.24, 2.45) is 5.10 Å². The zero-order chi connectivity index (χ0) is 22.4. The van der Waals surface area contributed by atoms with Gasteiger partial charge in [0.15, 0.2) is 0 Å². The van der Waals surface area contributed by atoms with Crippen LogP contribution in [0.1, 0.15) is 33.2 Å². The molecule has 8 nitrogen and oxygen atoms in total. The van der Waals surface area contributed by atoms with Crippen LogP contribution >= 0.6 is 0 Å². The molecule has 0 fully saturated rings. The lowest BCUT2D eigenvalue weighted by Crippen LogP contribution is -2.20. The third kappa shape index (κ3) is 5.57. The number of carbonyl (C=O) groups is 2. The summed E-state index contributed by atoms with van der Waals surface area (Å²) in [6, 6.07) is 17.1. The van der Waals surface area contributed by atoms with E-state index < -0.39 is 22.6 Å². The Morgan fingerprint density at radius 2 is 1.55 bits per heavy atom. The first kappa shape index (κ1) is 21.3. The average molecular weight is 420 g/mol. The van der Waals surface area contributed by atoms with Crippen LogP contribution in [0.5, 0.6) is 0 Å². The standard InChI is InChI=1S/C22H17FN4O4/c1-14(15-7-11-20(12-8-15)27(30)31)25-26-22(29)17-3-2-4-19(13-17)24-21(28)16-5-9-18(23)10-6-16/h2-13H,1H3,(H,24,28)(H,26,29). The zero-order valence-corrected chi connectivity index (χ0v) is 16.3. The van der Waals surface area contributed by atoms with E-state index >= 15 is 0 Å². The molecular weight excluding hydrogens is 403 g/mol. The van der Waals surface area contributed by atoms with Crippen molar-refractivity contribution in [3.8, 4) is 0 Å². The van der Waals surface area contributed by atoms with E-state index in [4.69, 9.17) is 0 Å². The van der Waals surface area contributed by atoms with Crippen LogP contribution < -0.4 is 10.7 Å². The number of benzene rings is 3. The van der Waals surface area contributed by atoms with E-state index in [0.717, 1.165) is 0 Å². The van der Waals surface area contributed by atoms with Gasteiger partial charge in [-0.05, 0) is 67.1 Å². The van der Waals surface area contributed by atoms with Crippen molar-refractivity contribution >= 4 is 28.9 Å². The fourth-order valence-corrected chi connectivity index (χ4v) is 2.63. The highest BCUT2D eigenvalue weighted by Gasteiger charge is 2.10. The molecule has 3 aromatic rings. The number of non-ortho nitro benzene ring substituents is 1. The van der Waals surface area contributed by atoms with Gasteiger partial charge in [-0.15, -0.1) is 0 Å². The summed E-state index contributed by atoms with van der Waals surface area (Å²) in [5, 5.41) is 17.4. The minimum atomic E-state index is -0.501. The number of nitro benzene ring substituents is 1. The molecular formula is C22H17FN4O4. The third-order valence-electron chi connectivity index (χ3n) is 4.31. The van der Waals surface area contributed by atoms with Crippen LogP contribution in [0.2, 0.25) is 0 Å². The normalized spacial score (nSPS) is 11.0. The van der Waals surface area contributed by atoms with Gasteiger partial charge in [-0.3, -0.25) is 19.7 Å². The number of hydrazone groups is 1. The Balaban J connectivity index is 1.66. The number of rotatable bonds is 6. The Bertz CT molecular complexity index is 1160. The van der Waals surface area contributed by atoms with Crippen molar-refractivity contribution in [2.45, 2.75) is 6.92 Å². The molecule has 31 heavy (non-hydrogen) atoms. The van der Waals surface area contributed by atoms with Gasteiger partial charge in [-0.2, -0.15) is 5.10 Å². The van der Waals surface area contributed by atoms with E-state index in [1.54, 1.807) is 25.1 Å². The van der Waals surface area contributed by atoms with E-state index in [1.807, 2.05) is 0 Å². The van der Waals surface area contributed by atoms with E-state index in [0.29, 0.717) is 17.0 Å². The van der Waals surface area contributed by atoms with Crippen LogP contribution in [0.15, 0.2) is 77.9 Å². The average Bonchev–Trinajstić information content (AvgIpc) is 2.77. The Hall–Kier alpha value is -4.40. The number of amides is 2. The molecule has 156 valence electrons. The minimum Gasteiger partial charge on any atom is -0.322 e. The van der Waals surface area contributed by atoms with Crippen LogP contribution in [-0.2, 0) is 0 Å². The van der Waals surface area contributed by atoms with E-state index in [2.05, 4.69) is 15.8 Å². The lowest BCUT2D eigenvalue weighted by molar-refractivity contribution is -0.384. The van der Waals surface area contributed by atoms with Crippen molar-refractivity contribution in [2.75, 3.05) is 5.32 Å². The number of nitro groups is 1. The molecule has 0 heterocycles. The Kier molecular flexibility index (Phi) is 6.46. The van der Waals surface area contributed by atoms with Gasteiger partial charge < -0.3 is 5.32 Å². The molecule has 9 heteroatoms. The van der Waals surface area contributed by atoms with Crippen molar-refractivity contribution in [3.05, 3.63) is 105 Å². The smallest absolute Gasteiger partial charge is 0.271 e. The highest BCUT2D eigenvalue weighted by Crippen LogP contribution is 2.14.